The lowest BCUT2D eigenvalue weighted by molar-refractivity contribution is 0.115. The zero-order chi connectivity index (χ0) is 18.9. The van der Waals surface area contributed by atoms with Crippen molar-refractivity contribution in [3.63, 3.8) is 0 Å². The fraction of sp³-hybridized carbons (Fsp3) is 0.850. The van der Waals surface area contributed by atoms with E-state index >= 15 is 0 Å². The van der Waals surface area contributed by atoms with Crippen LogP contribution < -0.4 is 10.6 Å². The third kappa shape index (κ3) is 6.86. The maximum atomic E-state index is 4.79. The highest BCUT2D eigenvalue weighted by molar-refractivity contribution is 14.0. The molecule has 7 nitrogen and oxygen atoms in total. The van der Waals surface area contributed by atoms with E-state index in [0.29, 0.717) is 6.04 Å². The first kappa shape index (κ1) is 23.4. The van der Waals surface area contributed by atoms with Crippen molar-refractivity contribution in [1.29, 1.82) is 0 Å². The van der Waals surface area contributed by atoms with Gasteiger partial charge in [0.15, 0.2) is 5.96 Å². The van der Waals surface area contributed by atoms with Gasteiger partial charge >= 0.3 is 0 Å². The summed E-state index contributed by atoms with van der Waals surface area (Å²) in [7, 11) is 0. The lowest BCUT2D eigenvalue weighted by Gasteiger charge is -2.40. The first-order chi connectivity index (χ1) is 13.3. The molecule has 0 bridgehead atoms. The summed E-state index contributed by atoms with van der Waals surface area (Å²) >= 11 is 0. The second-order valence-corrected chi connectivity index (χ2v) is 7.83. The minimum absolute atomic E-state index is 0. The molecule has 0 amide bonds. The second-order valence-electron chi connectivity index (χ2n) is 7.83. The van der Waals surface area contributed by atoms with Gasteiger partial charge in [-0.2, -0.15) is 0 Å². The van der Waals surface area contributed by atoms with Crippen LogP contribution in [0.5, 0.6) is 0 Å². The van der Waals surface area contributed by atoms with Crippen molar-refractivity contribution in [2.45, 2.75) is 83.8 Å². The predicted octanol–water partition coefficient (Wildman–Crippen LogP) is 2.81. The van der Waals surface area contributed by atoms with Gasteiger partial charge in [-0.25, -0.2) is 0 Å². The normalized spacial score (nSPS) is 21.9. The van der Waals surface area contributed by atoms with Crippen molar-refractivity contribution >= 4 is 29.9 Å². The molecule has 1 aliphatic heterocycles. The molecule has 0 spiro atoms. The highest BCUT2D eigenvalue weighted by atomic mass is 127. The molecule has 2 heterocycles. The molecular weight excluding hydrogens is 465 g/mol. The van der Waals surface area contributed by atoms with E-state index in [1.165, 1.54) is 51.5 Å². The van der Waals surface area contributed by atoms with Gasteiger partial charge in [0.2, 0.25) is 0 Å². The summed E-state index contributed by atoms with van der Waals surface area (Å²) in [5, 5.41) is 15.2. The fourth-order valence-corrected chi connectivity index (χ4v) is 4.42. The van der Waals surface area contributed by atoms with Gasteiger partial charge in [-0.15, -0.1) is 34.2 Å². The Kier molecular flexibility index (Phi) is 10.5. The number of likely N-dealkylation sites (tertiary alicyclic amines) is 1. The van der Waals surface area contributed by atoms with E-state index in [-0.39, 0.29) is 24.0 Å². The third-order valence-corrected chi connectivity index (χ3v) is 5.85. The molecule has 1 unspecified atom stereocenters. The molecule has 0 radical (unpaired) electrons. The molecule has 1 aromatic heterocycles. The van der Waals surface area contributed by atoms with Gasteiger partial charge in [0.1, 0.15) is 12.2 Å². The summed E-state index contributed by atoms with van der Waals surface area (Å²) in [4.78, 5) is 7.53. The molecule has 1 saturated carbocycles. The van der Waals surface area contributed by atoms with Crippen molar-refractivity contribution in [1.82, 2.24) is 30.3 Å². The number of rotatable bonds is 7. The average molecular weight is 503 g/mol. The largest absolute Gasteiger partial charge is 0.357 e. The Balaban J connectivity index is 0.00000280. The molecule has 1 aliphatic carbocycles. The number of hydrogen-bond donors (Lipinski definition) is 2. The average Bonchev–Trinajstić information content (AvgIpc) is 3.16. The fourth-order valence-electron chi connectivity index (χ4n) is 4.42. The molecule has 8 heteroatoms. The van der Waals surface area contributed by atoms with E-state index in [1.807, 2.05) is 0 Å². The predicted molar refractivity (Wildman–Crippen MR) is 125 cm³/mol. The number of guanidine groups is 1. The van der Waals surface area contributed by atoms with Crippen LogP contribution in [0.15, 0.2) is 11.3 Å². The summed E-state index contributed by atoms with van der Waals surface area (Å²) < 4.78 is 2.10. The number of nitrogens with one attached hydrogen (secondary N) is 2. The number of aliphatic imine (C=N–C) groups is 1. The number of piperidine rings is 1. The standard InChI is InChI=1S/C20H37N7.HI/c1-3-19-25-23-16-27(19)14-12-22-20(21-4-2)24-17-9-8-13-26(15-17)18-10-6-5-7-11-18;/h16-18H,3-15H2,1-2H3,(H2,21,22,24);1H. The van der Waals surface area contributed by atoms with E-state index in [2.05, 4.69) is 44.1 Å². The second kappa shape index (κ2) is 12.6. The smallest absolute Gasteiger partial charge is 0.191 e. The summed E-state index contributed by atoms with van der Waals surface area (Å²) in [6, 6.07) is 1.31. The minimum Gasteiger partial charge on any atom is -0.357 e. The Morgan fingerprint density at radius 1 is 1.18 bits per heavy atom. The van der Waals surface area contributed by atoms with Gasteiger partial charge < -0.3 is 15.2 Å². The highest BCUT2D eigenvalue weighted by Gasteiger charge is 2.27. The van der Waals surface area contributed by atoms with Gasteiger partial charge in [-0.3, -0.25) is 9.89 Å². The first-order valence-corrected chi connectivity index (χ1v) is 11.0. The maximum absolute atomic E-state index is 4.79. The summed E-state index contributed by atoms with van der Waals surface area (Å²) in [5.41, 5.74) is 0. The van der Waals surface area contributed by atoms with E-state index in [1.54, 1.807) is 6.33 Å². The number of nitrogens with zero attached hydrogens (tertiary/aromatic N) is 5. The Morgan fingerprint density at radius 2 is 2.00 bits per heavy atom. The summed E-state index contributed by atoms with van der Waals surface area (Å²) in [5.74, 6) is 1.97. The van der Waals surface area contributed by atoms with Crippen LogP contribution in [0.3, 0.4) is 0 Å². The molecule has 0 aromatic carbocycles. The SMILES string of the molecule is CCNC(=NCCn1cnnc1CC)NC1CCCN(C2CCCCC2)C1.I. The minimum atomic E-state index is 0. The zero-order valence-corrected chi connectivity index (χ0v) is 19.9. The maximum Gasteiger partial charge on any atom is 0.191 e. The highest BCUT2D eigenvalue weighted by Crippen LogP contribution is 2.25. The molecule has 2 N–H and O–H groups in total. The van der Waals surface area contributed by atoms with Crippen molar-refractivity contribution in [3.05, 3.63) is 12.2 Å². The first-order valence-electron chi connectivity index (χ1n) is 11.0. The number of halogens is 1. The van der Waals surface area contributed by atoms with Crippen LogP contribution in [-0.4, -0.2) is 63.9 Å². The van der Waals surface area contributed by atoms with E-state index in [9.17, 15) is 0 Å². The topological polar surface area (TPSA) is 70.4 Å². The van der Waals surface area contributed by atoms with E-state index < -0.39 is 0 Å². The number of aryl methyl sites for hydroxylation is 1. The molecule has 1 saturated heterocycles. The molecule has 3 rings (SSSR count). The molecular formula is C20H38IN7. The van der Waals surface area contributed by atoms with Crippen molar-refractivity contribution in [2.75, 3.05) is 26.2 Å². The van der Waals surface area contributed by atoms with Gasteiger partial charge in [0.05, 0.1) is 6.54 Å². The van der Waals surface area contributed by atoms with Gasteiger partial charge in [0, 0.05) is 38.1 Å². The number of hydrogen-bond acceptors (Lipinski definition) is 4. The van der Waals surface area contributed by atoms with Crippen LogP contribution in [0, 0.1) is 0 Å². The lowest BCUT2D eigenvalue weighted by Crippen LogP contribution is -2.53. The van der Waals surface area contributed by atoms with Crippen LogP contribution in [0.2, 0.25) is 0 Å². The summed E-state index contributed by atoms with van der Waals surface area (Å²) in [6.07, 6.45) is 12.2. The molecule has 28 heavy (non-hydrogen) atoms. The Labute approximate surface area is 187 Å². The van der Waals surface area contributed by atoms with Crippen molar-refractivity contribution < 1.29 is 0 Å². The molecule has 160 valence electrons. The molecule has 2 fully saturated rings. The van der Waals surface area contributed by atoms with Crippen LogP contribution in [0.4, 0.5) is 0 Å². The van der Waals surface area contributed by atoms with Gasteiger partial charge in [-0.05, 0) is 39.2 Å². The van der Waals surface area contributed by atoms with E-state index in [4.69, 9.17) is 4.99 Å². The van der Waals surface area contributed by atoms with Gasteiger partial charge in [-0.1, -0.05) is 26.2 Å². The van der Waals surface area contributed by atoms with E-state index in [0.717, 1.165) is 50.4 Å². The quantitative estimate of drug-likeness (QED) is 0.340. The summed E-state index contributed by atoms with van der Waals surface area (Å²) in [6.45, 7) is 9.10. The Bertz CT molecular complexity index is 583. The lowest BCUT2D eigenvalue weighted by atomic mass is 9.92. The van der Waals surface area contributed by atoms with Crippen molar-refractivity contribution in [2.24, 2.45) is 4.99 Å². The Morgan fingerprint density at radius 3 is 2.75 bits per heavy atom. The number of aromatic nitrogens is 3. The Hall–Kier alpha value is -0.900. The van der Waals surface area contributed by atoms with Crippen molar-refractivity contribution in [3.8, 4) is 0 Å². The molecule has 2 aliphatic rings. The van der Waals surface area contributed by atoms with Crippen LogP contribution >= 0.6 is 24.0 Å². The molecule has 1 atom stereocenters. The molecule has 1 aromatic rings. The zero-order valence-electron chi connectivity index (χ0n) is 17.6. The van der Waals surface area contributed by atoms with Crippen LogP contribution in [0.25, 0.3) is 0 Å². The van der Waals surface area contributed by atoms with Gasteiger partial charge in [0.25, 0.3) is 0 Å². The third-order valence-electron chi connectivity index (χ3n) is 5.85. The van der Waals surface area contributed by atoms with Crippen LogP contribution in [-0.2, 0) is 13.0 Å². The monoisotopic (exact) mass is 503 g/mol. The van der Waals surface area contributed by atoms with Crippen LogP contribution in [0.1, 0.15) is 64.6 Å².